The highest BCUT2D eigenvalue weighted by molar-refractivity contribution is 6.20. The van der Waals surface area contributed by atoms with E-state index in [1.54, 1.807) is 0 Å². The van der Waals surface area contributed by atoms with Gasteiger partial charge < -0.3 is 10.0 Å². The van der Waals surface area contributed by atoms with Crippen LogP contribution in [-0.4, -0.2) is 17.1 Å². The van der Waals surface area contributed by atoms with Crippen LogP contribution in [0.5, 0.6) is 0 Å². The summed E-state index contributed by atoms with van der Waals surface area (Å²) >= 11 is 5.99. The highest BCUT2D eigenvalue weighted by atomic mass is 35.5. The third-order valence-electron chi connectivity index (χ3n) is 5.25. The molecule has 0 aliphatic heterocycles. The van der Waals surface area contributed by atoms with E-state index in [2.05, 4.69) is 6.92 Å². The van der Waals surface area contributed by atoms with Gasteiger partial charge in [0.1, 0.15) is 0 Å². The van der Waals surface area contributed by atoms with Gasteiger partial charge in [-0.2, -0.15) is 0 Å². The largest absolute Gasteiger partial charge is 0.373 e. The predicted molar refractivity (Wildman–Crippen MR) is 107 cm³/mol. The summed E-state index contributed by atoms with van der Waals surface area (Å²) < 4.78 is 0. The number of alkyl halides is 1. The van der Waals surface area contributed by atoms with E-state index in [9.17, 15) is 9.90 Å². The SMILES string of the molecule is CCc1c(C(O)Cl)cccc1N(C(=O)c1cccc(C)c1)C(C)C1CC1. The molecule has 0 aromatic heterocycles. The second-order valence-corrected chi connectivity index (χ2v) is 7.57. The second kappa shape index (κ2) is 7.81. The van der Waals surface area contributed by atoms with Crippen LogP contribution in [0.2, 0.25) is 0 Å². The Morgan fingerprint density at radius 2 is 1.96 bits per heavy atom. The average molecular weight is 372 g/mol. The van der Waals surface area contributed by atoms with E-state index in [0.717, 1.165) is 29.7 Å². The number of carbonyl (C=O) groups excluding carboxylic acids is 1. The smallest absolute Gasteiger partial charge is 0.258 e. The fourth-order valence-electron chi connectivity index (χ4n) is 3.65. The van der Waals surface area contributed by atoms with Crippen molar-refractivity contribution in [3.8, 4) is 0 Å². The fourth-order valence-corrected chi connectivity index (χ4v) is 3.85. The summed E-state index contributed by atoms with van der Waals surface area (Å²) in [6.45, 7) is 6.14. The van der Waals surface area contributed by atoms with E-state index in [4.69, 9.17) is 11.6 Å². The summed E-state index contributed by atoms with van der Waals surface area (Å²) in [4.78, 5) is 15.4. The van der Waals surface area contributed by atoms with Gasteiger partial charge in [-0.15, -0.1) is 0 Å². The lowest BCUT2D eigenvalue weighted by molar-refractivity contribution is 0.0975. The van der Waals surface area contributed by atoms with Crippen LogP contribution in [-0.2, 0) is 6.42 Å². The van der Waals surface area contributed by atoms with Crippen molar-refractivity contribution in [2.75, 3.05) is 4.90 Å². The number of anilines is 1. The van der Waals surface area contributed by atoms with Crippen LogP contribution in [0.3, 0.4) is 0 Å². The molecule has 4 heteroatoms. The quantitative estimate of drug-likeness (QED) is 0.706. The molecule has 138 valence electrons. The molecule has 0 spiro atoms. The molecule has 1 N–H and O–H groups in total. The lowest BCUT2D eigenvalue weighted by Crippen LogP contribution is -2.41. The Kier molecular flexibility index (Phi) is 5.69. The molecule has 1 aliphatic carbocycles. The Labute approximate surface area is 160 Å². The molecule has 0 heterocycles. The summed E-state index contributed by atoms with van der Waals surface area (Å²) in [6, 6.07) is 13.5. The molecule has 3 rings (SSSR count). The number of hydrogen-bond acceptors (Lipinski definition) is 2. The third kappa shape index (κ3) is 3.79. The lowest BCUT2D eigenvalue weighted by Gasteiger charge is -2.32. The van der Waals surface area contributed by atoms with E-state index < -0.39 is 5.56 Å². The van der Waals surface area contributed by atoms with Gasteiger partial charge in [0.05, 0.1) is 0 Å². The van der Waals surface area contributed by atoms with Crippen molar-refractivity contribution < 1.29 is 9.90 Å². The zero-order valence-corrected chi connectivity index (χ0v) is 16.3. The Morgan fingerprint density at radius 3 is 2.54 bits per heavy atom. The molecule has 0 bridgehead atoms. The van der Waals surface area contributed by atoms with Crippen molar-refractivity contribution in [1.29, 1.82) is 0 Å². The fraction of sp³-hybridized carbons (Fsp3) is 0.409. The van der Waals surface area contributed by atoms with Gasteiger partial charge in [0.2, 0.25) is 0 Å². The van der Waals surface area contributed by atoms with Crippen molar-refractivity contribution in [3.05, 3.63) is 64.7 Å². The predicted octanol–water partition coefficient (Wildman–Crippen LogP) is 5.23. The van der Waals surface area contributed by atoms with E-state index in [1.165, 1.54) is 0 Å². The highest BCUT2D eigenvalue weighted by Crippen LogP contribution is 2.40. The minimum Gasteiger partial charge on any atom is -0.373 e. The molecular weight excluding hydrogens is 346 g/mol. The number of hydrogen-bond donors (Lipinski definition) is 1. The number of benzene rings is 2. The number of rotatable bonds is 6. The van der Waals surface area contributed by atoms with Gasteiger partial charge in [-0.1, -0.05) is 48.4 Å². The van der Waals surface area contributed by atoms with Gasteiger partial charge in [-0.25, -0.2) is 0 Å². The number of halogens is 1. The molecule has 2 atom stereocenters. The first-order chi connectivity index (χ1) is 12.4. The van der Waals surface area contributed by atoms with Crippen LogP contribution < -0.4 is 4.90 Å². The summed E-state index contributed by atoms with van der Waals surface area (Å²) in [6.07, 6.45) is 3.00. The number of nitrogens with zero attached hydrogens (tertiary/aromatic N) is 1. The molecule has 1 fully saturated rings. The van der Waals surface area contributed by atoms with Crippen LogP contribution in [0.1, 0.15) is 59.3 Å². The van der Waals surface area contributed by atoms with E-state index in [1.807, 2.05) is 61.2 Å². The summed E-state index contributed by atoms with van der Waals surface area (Å²) in [5, 5.41) is 9.96. The Bertz CT molecular complexity index is 798. The molecule has 0 radical (unpaired) electrons. The van der Waals surface area contributed by atoms with Gasteiger partial charge in [0.15, 0.2) is 5.56 Å². The number of aryl methyl sites for hydroxylation is 1. The van der Waals surface area contributed by atoms with Crippen molar-refractivity contribution >= 4 is 23.2 Å². The van der Waals surface area contributed by atoms with Gasteiger partial charge in [0, 0.05) is 22.9 Å². The minimum absolute atomic E-state index is 0.00372. The van der Waals surface area contributed by atoms with Gasteiger partial charge in [-0.05, 0) is 62.8 Å². The Balaban J connectivity index is 2.10. The third-order valence-corrected chi connectivity index (χ3v) is 5.49. The monoisotopic (exact) mass is 371 g/mol. The van der Waals surface area contributed by atoms with Gasteiger partial charge in [0.25, 0.3) is 5.91 Å². The van der Waals surface area contributed by atoms with Crippen molar-refractivity contribution in [2.24, 2.45) is 5.92 Å². The number of aliphatic hydroxyl groups excluding tert-OH is 1. The van der Waals surface area contributed by atoms with E-state index >= 15 is 0 Å². The Hall–Kier alpha value is -1.84. The minimum atomic E-state index is -1.07. The molecular formula is C22H26ClNO2. The molecule has 2 aromatic carbocycles. The lowest BCUT2D eigenvalue weighted by atomic mass is 9.99. The standard InChI is InChI=1S/C22H26ClNO2/c1-4-18-19(21(23)25)9-6-10-20(18)24(15(3)16-11-12-16)22(26)17-8-5-7-14(2)13-17/h5-10,13,15-16,21,25H,4,11-12H2,1-3H3. The van der Waals surface area contributed by atoms with Crippen LogP contribution in [0.25, 0.3) is 0 Å². The zero-order valence-electron chi connectivity index (χ0n) is 15.6. The first-order valence-corrected chi connectivity index (χ1v) is 9.71. The van der Waals surface area contributed by atoms with Crippen molar-refractivity contribution in [3.63, 3.8) is 0 Å². The number of carbonyl (C=O) groups is 1. The zero-order chi connectivity index (χ0) is 18.8. The topological polar surface area (TPSA) is 40.5 Å². The molecule has 2 aromatic rings. The molecule has 1 aliphatic rings. The molecule has 2 unspecified atom stereocenters. The maximum Gasteiger partial charge on any atom is 0.258 e. The van der Waals surface area contributed by atoms with Crippen LogP contribution >= 0.6 is 11.6 Å². The van der Waals surface area contributed by atoms with Crippen molar-refractivity contribution in [2.45, 2.75) is 51.6 Å². The number of amides is 1. The Morgan fingerprint density at radius 1 is 1.27 bits per heavy atom. The first kappa shape index (κ1) is 18.9. The molecule has 3 nitrogen and oxygen atoms in total. The van der Waals surface area contributed by atoms with Crippen LogP contribution in [0, 0.1) is 12.8 Å². The summed E-state index contributed by atoms with van der Waals surface area (Å²) in [5.41, 5.74) is 3.15. The van der Waals surface area contributed by atoms with E-state index in [0.29, 0.717) is 23.5 Å². The maximum absolute atomic E-state index is 13.5. The normalized spacial score (nSPS) is 16.2. The first-order valence-electron chi connectivity index (χ1n) is 9.28. The van der Waals surface area contributed by atoms with Crippen LogP contribution in [0.4, 0.5) is 5.69 Å². The molecule has 26 heavy (non-hydrogen) atoms. The molecule has 1 saturated carbocycles. The highest BCUT2D eigenvalue weighted by Gasteiger charge is 2.36. The molecule has 1 amide bonds. The number of aliphatic hydroxyl groups is 1. The second-order valence-electron chi connectivity index (χ2n) is 7.16. The average Bonchev–Trinajstić information content (AvgIpc) is 3.46. The summed E-state index contributed by atoms with van der Waals surface area (Å²) in [5.74, 6) is 0.530. The van der Waals surface area contributed by atoms with Crippen molar-refractivity contribution in [1.82, 2.24) is 0 Å². The van der Waals surface area contributed by atoms with Gasteiger partial charge >= 0.3 is 0 Å². The molecule has 0 saturated heterocycles. The van der Waals surface area contributed by atoms with E-state index in [-0.39, 0.29) is 11.9 Å². The summed E-state index contributed by atoms with van der Waals surface area (Å²) in [7, 11) is 0. The van der Waals surface area contributed by atoms with Gasteiger partial charge in [-0.3, -0.25) is 4.79 Å². The van der Waals surface area contributed by atoms with Crippen LogP contribution in [0.15, 0.2) is 42.5 Å². The maximum atomic E-state index is 13.5.